The summed E-state index contributed by atoms with van der Waals surface area (Å²) in [6.07, 6.45) is 3.33. The second-order valence-electron chi connectivity index (χ2n) is 4.01. The lowest BCUT2D eigenvalue weighted by molar-refractivity contribution is -0.160. The maximum Gasteiger partial charge on any atom is 0.397 e. The van der Waals surface area contributed by atoms with Gasteiger partial charge in [-0.1, -0.05) is 0 Å². The van der Waals surface area contributed by atoms with Gasteiger partial charge in [0.15, 0.2) is 0 Å². The molecule has 1 amide bonds. The van der Waals surface area contributed by atoms with Crippen molar-refractivity contribution >= 4 is 11.9 Å². The molecule has 1 saturated heterocycles. The molecule has 0 aromatic rings. The topological polar surface area (TPSA) is 46.6 Å². The van der Waals surface area contributed by atoms with Crippen LogP contribution in [0.2, 0.25) is 0 Å². The van der Waals surface area contributed by atoms with Crippen LogP contribution in [-0.4, -0.2) is 36.0 Å². The van der Waals surface area contributed by atoms with Crippen LogP contribution in [0.25, 0.3) is 0 Å². The maximum atomic E-state index is 11.6. The van der Waals surface area contributed by atoms with Crippen molar-refractivity contribution < 1.29 is 14.3 Å². The molecular weight excluding hydrogens is 182 g/mol. The zero-order valence-electron chi connectivity index (χ0n) is 8.36. The molecule has 0 spiro atoms. The standard InChI is InChI=1S/C10H15NO3/c1-2-14-10(13)9(12)11-6-7-3-4-8(11)5-7/h7-8H,2-6H2,1H3. The van der Waals surface area contributed by atoms with Crippen LogP contribution in [0.4, 0.5) is 0 Å². The summed E-state index contributed by atoms with van der Waals surface area (Å²) in [4.78, 5) is 24.5. The number of esters is 1. The summed E-state index contributed by atoms with van der Waals surface area (Å²) >= 11 is 0. The van der Waals surface area contributed by atoms with Crippen LogP contribution in [0.3, 0.4) is 0 Å². The summed E-state index contributed by atoms with van der Waals surface area (Å²) in [5.41, 5.74) is 0. The first kappa shape index (κ1) is 9.49. The van der Waals surface area contributed by atoms with E-state index in [4.69, 9.17) is 4.74 Å². The fraction of sp³-hybridized carbons (Fsp3) is 0.800. The zero-order valence-corrected chi connectivity index (χ0v) is 8.36. The fourth-order valence-corrected chi connectivity index (χ4v) is 2.48. The average Bonchev–Trinajstić information content (AvgIpc) is 2.77. The molecule has 2 fully saturated rings. The van der Waals surface area contributed by atoms with Gasteiger partial charge in [0, 0.05) is 12.6 Å². The van der Waals surface area contributed by atoms with Crippen LogP contribution < -0.4 is 0 Å². The normalized spacial score (nSPS) is 29.4. The van der Waals surface area contributed by atoms with Crippen molar-refractivity contribution in [2.45, 2.75) is 32.2 Å². The molecule has 1 aliphatic carbocycles. The first-order valence-corrected chi connectivity index (χ1v) is 5.20. The lowest BCUT2D eigenvalue weighted by atomic mass is 10.1. The molecule has 4 nitrogen and oxygen atoms in total. The van der Waals surface area contributed by atoms with Gasteiger partial charge in [-0.25, -0.2) is 4.79 Å². The van der Waals surface area contributed by atoms with Crippen molar-refractivity contribution in [1.82, 2.24) is 4.90 Å². The molecule has 1 heterocycles. The van der Waals surface area contributed by atoms with E-state index < -0.39 is 11.9 Å². The third-order valence-electron chi connectivity index (χ3n) is 3.12. The molecule has 2 rings (SSSR count). The highest BCUT2D eigenvalue weighted by molar-refractivity contribution is 6.32. The van der Waals surface area contributed by atoms with E-state index in [2.05, 4.69) is 0 Å². The van der Waals surface area contributed by atoms with Gasteiger partial charge in [-0.2, -0.15) is 0 Å². The van der Waals surface area contributed by atoms with E-state index in [9.17, 15) is 9.59 Å². The Morgan fingerprint density at radius 1 is 1.43 bits per heavy atom. The SMILES string of the molecule is CCOC(=O)C(=O)N1CC2CCC1C2. The van der Waals surface area contributed by atoms with Crippen molar-refractivity contribution in [3.63, 3.8) is 0 Å². The summed E-state index contributed by atoms with van der Waals surface area (Å²) in [5.74, 6) is -0.516. The van der Waals surface area contributed by atoms with E-state index >= 15 is 0 Å². The predicted molar refractivity (Wildman–Crippen MR) is 49.5 cm³/mol. The van der Waals surface area contributed by atoms with Gasteiger partial charge >= 0.3 is 11.9 Å². The van der Waals surface area contributed by atoms with Gasteiger partial charge in [-0.15, -0.1) is 0 Å². The monoisotopic (exact) mass is 197 g/mol. The minimum atomic E-state index is -0.694. The molecule has 2 bridgehead atoms. The molecule has 2 unspecified atom stereocenters. The molecule has 14 heavy (non-hydrogen) atoms. The van der Waals surface area contributed by atoms with Gasteiger partial charge in [-0.3, -0.25) is 4.79 Å². The van der Waals surface area contributed by atoms with Crippen LogP contribution in [0, 0.1) is 5.92 Å². The first-order valence-electron chi connectivity index (χ1n) is 5.20. The van der Waals surface area contributed by atoms with Crippen LogP contribution >= 0.6 is 0 Å². The van der Waals surface area contributed by atoms with E-state index in [1.54, 1.807) is 11.8 Å². The van der Waals surface area contributed by atoms with Crippen molar-refractivity contribution in [1.29, 1.82) is 0 Å². The predicted octanol–water partition coefficient (Wildman–Crippen LogP) is 0.560. The highest BCUT2D eigenvalue weighted by Gasteiger charge is 2.42. The van der Waals surface area contributed by atoms with E-state index in [1.807, 2.05) is 0 Å². The maximum absolute atomic E-state index is 11.6. The molecule has 78 valence electrons. The van der Waals surface area contributed by atoms with Gasteiger partial charge < -0.3 is 9.64 Å². The Kier molecular flexibility index (Phi) is 2.44. The molecule has 0 radical (unpaired) electrons. The van der Waals surface area contributed by atoms with Crippen LogP contribution in [0.1, 0.15) is 26.2 Å². The Hall–Kier alpha value is -1.06. The van der Waals surface area contributed by atoms with Crippen molar-refractivity contribution in [2.75, 3.05) is 13.2 Å². The number of likely N-dealkylation sites (tertiary alicyclic amines) is 1. The summed E-state index contributed by atoms with van der Waals surface area (Å²) < 4.78 is 4.69. The minimum absolute atomic E-state index is 0.270. The van der Waals surface area contributed by atoms with E-state index in [0.717, 1.165) is 19.4 Å². The number of ether oxygens (including phenoxy) is 1. The van der Waals surface area contributed by atoms with Crippen molar-refractivity contribution in [2.24, 2.45) is 5.92 Å². The largest absolute Gasteiger partial charge is 0.459 e. The Labute approximate surface area is 83.2 Å². The summed E-state index contributed by atoms with van der Waals surface area (Å²) in [6.45, 7) is 2.73. The molecule has 1 saturated carbocycles. The molecular formula is C10H15NO3. The fourth-order valence-electron chi connectivity index (χ4n) is 2.48. The molecule has 2 atom stereocenters. The number of hydrogen-bond acceptors (Lipinski definition) is 3. The summed E-state index contributed by atoms with van der Waals surface area (Å²) in [6, 6.07) is 0.303. The molecule has 2 aliphatic rings. The Morgan fingerprint density at radius 2 is 2.21 bits per heavy atom. The second kappa shape index (κ2) is 3.59. The summed E-state index contributed by atoms with van der Waals surface area (Å²) in [7, 11) is 0. The van der Waals surface area contributed by atoms with Gasteiger partial charge in [-0.05, 0) is 32.1 Å². The van der Waals surface area contributed by atoms with E-state index in [-0.39, 0.29) is 6.61 Å². The number of carbonyl (C=O) groups is 2. The lowest BCUT2D eigenvalue weighted by Crippen LogP contribution is -2.42. The van der Waals surface area contributed by atoms with E-state index in [1.165, 1.54) is 6.42 Å². The molecule has 0 N–H and O–H groups in total. The number of hydrogen-bond donors (Lipinski definition) is 0. The number of carbonyl (C=O) groups excluding carboxylic acids is 2. The third-order valence-corrected chi connectivity index (χ3v) is 3.12. The number of fused-ring (bicyclic) bond motifs is 2. The number of rotatable bonds is 1. The quantitative estimate of drug-likeness (QED) is 0.456. The highest BCUT2D eigenvalue weighted by Crippen LogP contribution is 2.37. The first-order chi connectivity index (χ1) is 6.72. The number of amides is 1. The zero-order chi connectivity index (χ0) is 10.1. The van der Waals surface area contributed by atoms with Crippen LogP contribution in [0.5, 0.6) is 0 Å². The molecule has 1 aliphatic heterocycles. The van der Waals surface area contributed by atoms with Gasteiger partial charge in [0.2, 0.25) is 0 Å². The smallest absolute Gasteiger partial charge is 0.397 e. The van der Waals surface area contributed by atoms with E-state index in [0.29, 0.717) is 12.0 Å². The lowest BCUT2D eigenvalue weighted by Gasteiger charge is -2.25. The highest BCUT2D eigenvalue weighted by atomic mass is 16.5. The van der Waals surface area contributed by atoms with Gasteiger partial charge in [0.25, 0.3) is 0 Å². The second-order valence-corrected chi connectivity index (χ2v) is 4.01. The van der Waals surface area contributed by atoms with Crippen molar-refractivity contribution in [3.05, 3.63) is 0 Å². The Balaban J connectivity index is 1.96. The molecule has 0 aromatic heterocycles. The van der Waals surface area contributed by atoms with Crippen LogP contribution in [-0.2, 0) is 14.3 Å². The minimum Gasteiger partial charge on any atom is -0.459 e. The summed E-state index contributed by atoms with van der Waals surface area (Å²) in [5, 5.41) is 0. The van der Waals surface area contributed by atoms with Gasteiger partial charge in [0.1, 0.15) is 0 Å². The molecule has 4 heteroatoms. The number of piperidine rings is 1. The Morgan fingerprint density at radius 3 is 2.71 bits per heavy atom. The average molecular weight is 197 g/mol. The number of nitrogens with zero attached hydrogens (tertiary/aromatic N) is 1. The Bertz CT molecular complexity index is 264. The van der Waals surface area contributed by atoms with Crippen molar-refractivity contribution in [3.8, 4) is 0 Å². The van der Waals surface area contributed by atoms with Gasteiger partial charge in [0.05, 0.1) is 6.61 Å². The third kappa shape index (κ3) is 1.49. The van der Waals surface area contributed by atoms with Crippen LogP contribution in [0.15, 0.2) is 0 Å². The molecule has 0 aromatic carbocycles.